The van der Waals surface area contributed by atoms with Crippen LogP contribution in [0, 0.1) is 19.8 Å². The average Bonchev–Trinajstić information content (AvgIpc) is 3.41. The summed E-state index contributed by atoms with van der Waals surface area (Å²) in [6, 6.07) is 18.1. The molecule has 0 saturated carbocycles. The van der Waals surface area contributed by atoms with Crippen molar-refractivity contribution < 1.29 is 18.8 Å². The molecule has 2 fully saturated rings. The number of aryl methyl sites for hydroxylation is 2. The van der Waals surface area contributed by atoms with Crippen molar-refractivity contribution in [2.75, 3.05) is 9.96 Å². The number of nitrogens with zero attached hydrogens (tertiary/aromatic N) is 2. The van der Waals surface area contributed by atoms with Crippen LogP contribution in [0.4, 0.5) is 11.4 Å². The fourth-order valence-electron chi connectivity index (χ4n) is 4.13. The van der Waals surface area contributed by atoms with Crippen molar-refractivity contribution in [3.63, 3.8) is 0 Å². The van der Waals surface area contributed by atoms with E-state index in [0.29, 0.717) is 11.4 Å². The summed E-state index contributed by atoms with van der Waals surface area (Å²) < 4.78 is 5.65. The summed E-state index contributed by atoms with van der Waals surface area (Å²) in [6.07, 6.45) is 0.677. The smallest absolute Gasteiger partial charge is 0.266 e. The molecule has 0 aliphatic carbocycles. The fourth-order valence-corrected chi connectivity index (χ4v) is 4.13. The van der Waals surface area contributed by atoms with Gasteiger partial charge in [0.05, 0.1) is 17.6 Å². The Morgan fingerprint density at radius 3 is 2.31 bits per heavy atom. The number of hydroxylamine groups is 1. The summed E-state index contributed by atoms with van der Waals surface area (Å²) in [5.41, 5.74) is 3.41. The second-order valence-corrected chi connectivity index (χ2v) is 7.47. The molecule has 3 heterocycles. The second kappa shape index (κ2) is 6.60. The first kappa shape index (κ1) is 17.7. The van der Waals surface area contributed by atoms with Crippen molar-refractivity contribution >= 4 is 23.2 Å². The highest BCUT2D eigenvalue weighted by Crippen LogP contribution is 2.48. The molecule has 2 aromatic carbocycles. The van der Waals surface area contributed by atoms with Crippen LogP contribution in [-0.4, -0.2) is 17.9 Å². The minimum absolute atomic E-state index is 0.277. The first-order valence-corrected chi connectivity index (χ1v) is 9.56. The maximum Gasteiger partial charge on any atom is 0.266 e. The molecule has 6 heteroatoms. The predicted molar refractivity (Wildman–Crippen MR) is 107 cm³/mol. The Morgan fingerprint density at radius 2 is 1.62 bits per heavy atom. The molecule has 3 aromatic rings. The molecule has 6 nitrogen and oxygen atoms in total. The molecule has 2 aliphatic rings. The lowest BCUT2D eigenvalue weighted by molar-refractivity contribution is -0.126. The lowest BCUT2D eigenvalue weighted by Crippen LogP contribution is -2.37. The molecule has 3 atom stereocenters. The molecule has 2 amide bonds. The van der Waals surface area contributed by atoms with Crippen molar-refractivity contribution in [1.29, 1.82) is 0 Å². The second-order valence-electron chi connectivity index (χ2n) is 7.47. The standard InChI is InChI=1S/C23H20N2O4/c1-14-9-11-16(12-10-14)24-22(26)19-20(18-8-5-13-28-18)25(29-21(19)23(24)27)17-7-4-3-6-15(17)2/h3-13,19-21H,1-2H3/t19-,20+,21+/m1/s1. The Hall–Kier alpha value is -3.38. The van der Waals surface area contributed by atoms with E-state index < -0.39 is 18.1 Å². The molecule has 0 unspecified atom stereocenters. The van der Waals surface area contributed by atoms with Gasteiger partial charge < -0.3 is 4.42 Å². The van der Waals surface area contributed by atoms with Crippen LogP contribution in [0.3, 0.4) is 0 Å². The summed E-state index contributed by atoms with van der Waals surface area (Å²) in [4.78, 5) is 33.9. The van der Waals surface area contributed by atoms with Crippen LogP contribution in [0.2, 0.25) is 0 Å². The summed E-state index contributed by atoms with van der Waals surface area (Å²) in [7, 11) is 0. The van der Waals surface area contributed by atoms with E-state index in [1.807, 2.05) is 56.3 Å². The van der Waals surface area contributed by atoms with Crippen LogP contribution in [0.1, 0.15) is 22.9 Å². The van der Waals surface area contributed by atoms with Gasteiger partial charge in [-0.1, -0.05) is 35.9 Å². The summed E-state index contributed by atoms with van der Waals surface area (Å²) >= 11 is 0. The molecule has 1 aromatic heterocycles. The number of para-hydroxylation sites is 1. The zero-order chi connectivity index (χ0) is 20.1. The number of hydrogen-bond donors (Lipinski definition) is 0. The van der Waals surface area contributed by atoms with E-state index in [9.17, 15) is 9.59 Å². The van der Waals surface area contributed by atoms with Crippen molar-refractivity contribution in [3.8, 4) is 0 Å². The van der Waals surface area contributed by atoms with Crippen LogP contribution >= 0.6 is 0 Å². The van der Waals surface area contributed by atoms with Crippen LogP contribution in [0.25, 0.3) is 0 Å². The van der Waals surface area contributed by atoms with E-state index >= 15 is 0 Å². The van der Waals surface area contributed by atoms with Crippen LogP contribution in [0.15, 0.2) is 71.3 Å². The number of carbonyl (C=O) groups excluding carboxylic acids is 2. The Bertz CT molecular complexity index is 1070. The summed E-state index contributed by atoms with van der Waals surface area (Å²) in [5.74, 6) is -0.722. The Morgan fingerprint density at radius 1 is 0.862 bits per heavy atom. The SMILES string of the molecule is Cc1ccc(N2C(=O)[C@H]3[C@H](ON(c4ccccc4C)[C@H]3c3ccco3)C2=O)cc1. The highest BCUT2D eigenvalue weighted by molar-refractivity contribution is 6.23. The quantitative estimate of drug-likeness (QED) is 0.636. The van der Waals surface area contributed by atoms with Crippen molar-refractivity contribution in [2.45, 2.75) is 26.0 Å². The lowest BCUT2D eigenvalue weighted by atomic mass is 9.94. The van der Waals surface area contributed by atoms with Gasteiger partial charge in [0.25, 0.3) is 5.91 Å². The number of carbonyl (C=O) groups is 2. The Kier molecular flexibility index (Phi) is 4.03. The zero-order valence-electron chi connectivity index (χ0n) is 16.1. The van der Waals surface area contributed by atoms with Gasteiger partial charge in [0.15, 0.2) is 6.10 Å². The number of anilines is 2. The van der Waals surface area contributed by atoms with E-state index in [-0.39, 0.29) is 11.8 Å². The van der Waals surface area contributed by atoms with E-state index in [4.69, 9.17) is 9.25 Å². The molecule has 2 saturated heterocycles. The topological polar surface area (TPSA) is 63.0 Å². The van der Waals surface area contributed by atoms with Crippen LogP contribution < -0.4 is 9.96 Å². The number of fused-ring (bicyclic) bond motifs is 1. The lowest BCUT2D eigenvalue weighted by Gasteiger charge is -2.28. The van der Waals surface area contributed by atoms with E-state index in [1.54, 1.807) is 29.5 Å². The molecule has 0 N–H and O–H groups in total. The predicted octanol–water partition coefficient (Wildman–Crippen LogP) is 3.95. The molecule has 29 heavy (non-hydrogen) atoms. The molecule has 0 spiro atoms. The van der Waals surface area contributed by atoms with Gasteiger partial charge in [-0.2, -0.15) is 0 Å². The Balaban J connectivity index is 1.58. The number of furan rings is 1. The highest BCUT2D eigenvalue weighted by Gasteiger charge is 2.61. The average molecular weight is 388 g/mol. The van der Waals surface area contributed by atoms with Gasteiger partial charge in [0.1, 0.15) is 17.7 Å². The van der Waals surface area contributed by atoms with Crippen molar-refractivity contribution in [3.05, 3.63) is 83.8 Å². The minimum Gasteiger partial charge on any atom is -0.467 e. The van der Waals surface area contributed by atoms with Gasteiger partial charge >= 0.3 is 0 Å². The third-order valence-electron chi connectivity index (χ3n) is 5.60. The van der Waals surface area contributed by atoms with Crippen LogP contribution in [-0.2, 0) is 14.4 Å². The number of hydrogen-bond acceptors (Lipinski definition) is 5. The monoisotopic (exact) mass is 388 g/mol. The number of benzene rings is 2. The third kappa shape index (κ3) is 2.68. The molecule has 146 valence electrons. The largest absolute Gasteiger partial charge is 0.467 e. The molecular formula is C23H20N2O4. The van der Waals surface area contributed by atoms with E-state index in [1.165, 1.54) is 4.90 Å². The third-order valence-corrected chi connectivity index (χ3v) is 5.60. The summed E-state index contributed by atoms with van der Waals surface area (Å²) in [5, 5.41) is 1.66. The van der Waals surface area contributed by atoms with E-state index in [0.717, 1.165) is 16.8 Å². The Labute approximate surface area is 168 Å². The zero-order valence-corrected chi connectivity index (χ0v) is 16.1. The van der Waals surface area contributed by atoms with Gasteiger partial charge in [0, 0.05) is 0 Å². The normalized spacial score (nSPS) is 23.7. The first-order chi connectivity index (χ1) is 14.1. The van der Waals surface area contributed by atoms with E-state index in [2.05, 4.69) is 0 Å². The van der Waals surface area contributed by atoms with Gasteiger partial charge in [-0.3, -0.25) is 14.4 Å². The van der Waals surface area contributed by atoms with Gasteiger partial charge in [-0.05, 0) is 49.7 Å². The molecule has 2 aliphatic heterocycles. The summed E-state index contributed by atoms with van der Waals surface area (Å²) in [6.45, 7) is 3.93. The molecule has 5 rings (SSSR count). The molecule has 0 bridgehead atoms. The number of rotatable bonds is 3. The first-order valence-electron chi connectivity index (χ1n) is 9.56. The highest BCUT2D eigenvalue weighted by atomic mass is 16.7. The van der Waals surface area contributed by atoms with Crippen LogP contribution in [0.5, 0.6) is 0 Å². The number of imide groups is 1. The molecular weight excluding hydrogens is 368 g/mol. The van der Waals surface area contributed by atoms with Gasteiger partial charge in [-0.25, -0.2) is 9.96 Å². The van der Waals surface area contributed by atoms with Crippen molar-refractivity contribution in [2.24, 2.45) is 5.92 Å². The van der Waals surface area contributed by atoms with Gasteiger partial charge in [-0.15, -0.1) is 0 Å². The minimum atomic E-state index is -0.890. The maximum absolute atomic E-state index is 13.4. The fraction of sp³-hybridized carbons (Fsp3) is 0.217. The molecule has 0 radical (unpaired) electrons. The van der Waals surface area contributed by atoms with Crippen molar-refractivity contribution in [1.82, 2.24) is 0 Å². The van der Waals surface area contributed by atoms with Gasteiger partial charge in [0.2, 0.25) is 5.91 Å². The maximum atomic E-state index is 13.4. The number of amides is 2.